The van der Waals surface area contributed by atoms with Crippen LogP contribution in [0.15, 0.2) is 42.6 Å². The van der Waals surface area contributed by atoms with Gasteiger partial charge in [0.25, 0.3) is 5.91 Å². The monoisotopic (exact) mass is 352 g/mol. The Kier molecular flexibility index (Phi) is 4.53. The molecule has 0 aliphatic carbocycles. The van der Waals surface area contributed by atoms with E-state index < -0.39 is 0 Å². The lowest BCUT2D eigenvalue weighted by atomic mass is 10.2. The van der Waals surface area contributed by atoms with E-state index in [1.54, 1.807) is 30.3 Å². The van der Waals surface area contributed by atoms with Crippen molar-refractivity contribution in [2.45, 2.75) is 19.1 Å². The summed E-state index contributed by atoms with van der Waals surface area (Å²) in [5.41, 5.74) is 2.39. The lowest BCUT2D eigenvalue weighted by Gasteiger charge is -2.16. The number of benzene rings is 1. The second-order valence-electron chi connectivity index (χ2n) is 6.35. The summed E-state index contributed by atoms with van der Waals surface area (Å²) >= 11 is 0. The molecular weight excluding hydrogens is 332 g/mol. The summed E-state index contributed by atoms with van der Waals surface area (Å²) in [5, 5.41) is 0. The number of H-pyrrole nitrogens is 1. The largest absolute Gasteiger partial charge is 0.472 e. The van der Waals surface area contributed by atoms with Crippen LogP contribution in [0.4, 0.5) is 0 Å². The van der Waals surface area contributed by atoms with Crippen LogP contribution in [-0.2, 0) is 11.3 Å². The lowest BCUT2D eigenvalue weighted by Crippen LogP contribution is -2.27. The highest BCUT2D eigenvalue weighted by atomic mass is 16.5. The van der Waals surface area contributed by atoms with Crippen molar-refractivity contribution in [1.29, 1.82) is 0 Å². The Hall–Kier alpha value is -2.93. The number of aromatic amines is 1. The van der Waals surface area contributed by atoms with E-state index in [-0.39, 0.29) is 12.0 Å². The van der Waals surface area contributed by atoms with E-state index in [1.807, 2.05) is 24.3 Å². The van der Waals surface area contributed by atoms with Gasteiger partial charge >= 0.3 is 0 Å². The molecule has 1 aromatic carbocycles. The molecule has 1 atom stereocenters. The molecule has 1 amide bonds. The Balaban J connectivity index is 1.45. The molecule has 7 nitrogen and oxygen atoms in total. The quantitative estimate of drug-likeness (QED) is 0.763. The van der Waals surface area contributed by atoms with Gasteiger partial charge < -0.3 is 19.4 Å². The molecular formula is C19H20N4O3. The number of fused-ring (bicyclic) bond motifs is 1. The predicted octanol–water partition coefficient (Wildman–Crippen LogP) is 2.40. The van der Waals surface area contributed by atoms with Gasteiger partial charge in [-0.15, -0.1) is 0 Å². The molecule has 7 heteroatoms. The maximum atomic E-state index is 12.7. The molecule has 1 unspecified atom stereocenters. The van der Waals surface area contributed by atoms with Crippen molar-refractivity contribution in [2.24, 2.45) is 0 Å². The van der Waals surface area contributed by atoms with Gasteiger partial charge in [-0.2, -0.15) is 0 Å². The molecule has 0 bridgehead atoms. The second-order valence-corrected chi connectivity index (χ2v) is 6.35. The van der Waals surface area contributed by atoms with Gasteiger partial charge in [0.05, 0.1) is 30.8 Å². The second kappa shape index (κ2) is 7.13. The Morgan fingerprint density at radius 3 is 3.08 bits per heavy atom. The molecule has 134 valence electrons. The van der Waals surface area contributed by atoms with E-state index in [0.717, 1.165) is 23.3 Å². The van der Waals surface area contributed by atoms with Gasteiger partial charge in [-0.25, -0.2) is 9.97 Å². The molecule has 1 aliphatic heterocycles. The minimum absolute atomic E-state index is 0.00105. The highest BCUT2D eigenvalue weighted by Gasteiger charge is 2.19. The number of nitrogens with one attached hydrogen (secondary N) is 1. The fourth-order valence-corrected chi connectivity index (χ4v) is 2.98. The zero-order valence-corrected chi connectivity index (χ0v) is 14.5. The van der Waals surface area contributed by atoms with Gasteiger partial charge in [0.2, 0.25) is 5.88 Å². The minimum atomic E-state index is -0.111. The van der Waals surface area contributed by atoms with Crippen LogP contribution in [-0.4, -0.2) is 52.1 Å². The average Bonchev–Trinajstić information content (AvgIpc) is 3.30. The van der Waals surface area contributed by atoms with E-state index in [4.69, 9.17) is 9.47 Å². The van der Waals surface area contributed by atoms with Gasteiger partial charge in [-0.1, -0.05) is 12.1 Å². The number of hydrogen-bond donors (Lipinski definition) is 1. The van der Waals surface area contributed by atoms with E-state index in [2.05, 4.69) is 15.0 Å². The van der Waals surface area contributed by atoms with Crippen LogP contribution in [0.3, 0.4) is 0 Å². The lowest BCUT2D eigenvalue weighted by molar-refractivity contribution is 0.0780. The van der Waals surface area contributed by atoms with Gasteiger partial charge in [-0.05, 0) is 18.2 Å². The number of hydrogen-bond acceptors (Lipinski definition) is 5. The van der Waals surface area contributed by atoms with Crippen LogP contribution in [0, 0.1) is 0 Å². The van der Waals surface area contributed by atoms with Crippen molar-refractivity contribution in [2.75, 3.05) is 20.3 Å². The number of amides is 1. The van der Waals surface area contributed by atoms with Crippen molar-refractivity contribution < 1.29 is 14.3 Å². The molecule has 26 heavy (non-hydrogen) atoms. The summed E-state index contributed by atoms with van der Waals surface area (Å²) in [6.07, 6.45) is 2.43. The molecule has 4 rings (SSSR count). The smallest absolute Gasteiger partial charge is 0.254 e. The fourth-order valence-electron chi connectivity index (χ4n) is 2.98. The molecule has 1 aliphatic rings. The molecule has 1 fully saturated rings. The number of carbonyl (C=O) groups is 1. The first-order valence-electron chi connectivity index (χ1n) is 8.58. The Labute approximate surface area is 151 Å². The number of ether oxygens (including phenoxy) is 2. The summed E-state index contributed by atoms with van der Waals surface area (Å²) in [6, 6.07) is 11.2. The maximum Gasteiger partial charge on any atom is 0.254 e. The highest BCUT2D eigenvalue weighted by molar-refractivity contribution is 5.94. The number of para-hydroxylation sites is 2. The summed E-state index contributed by atoms with van der Waals surface area (Å²) in [4.78, 5) is 26.3. The van der Waals surface area contributed by atoms with Crippen LogP contribution in [0.25, 0.3) is 11.0 Å². The molecule has 0 spiro atoms. The molecule has 1 N–H and O–H groups in total. The van der Waals surface area contributed by atoms with Gasteiger partial charge in [-0.3, -0.25) is 4.79 Å². The average molecular weight is 352 g/mol. The fraction of sp³-hybridized carbons (Fsp3) is 0.316. The van der Waals surface area contributed by atoms with Crippen LogP contribution in [0.2, 0.25) is 0 Å². The minimum Gasteiger partial charge on any atom is -0.472 e. The molecule has 1 saturated heterocycles. The zero-order chi connectivity index (χ0) is 17.9. The first kappa shape index (κ1) is 16.5. The van der Waals surface area contributed by atoms with Crippen molar-refractivity contribution >= 4 is 16.9 Å². The van der Waals surface area contributed by atoms with Gasteiger partial charge in [0.15, 0.2) is 0 Å². The van der Waals surface area contributed by atoms with Crippen molar-refractivity contribution in [3.05, 3.63) is 54.0 Å². The molecule has 0 radical (unpaired) electrons. The molecule has 2 aromatic heterocycles. The van der Waals surface area contributed by atoms with Crippen molar-refractivity contribution in [1.82, 2.24) is 19.9 Å². The van der Waals surface area contributed by atoms with Gasteiger partial charge in [0.1, 0.15) is 11.9 Å². The Morgan fingerprint density at radius 2 is 2.27 bits per heavy atom. The summed E-state index contributed by atoms with van der Waals surface area (Å²) in [7, 11) is 1.75. The number of carbonyl (C=O) groups excluding carboxylic acids is 1. The SMILES string of the molecule is CN(Cc1nc2ccccc2[nH]1)C(=O)c1ccnc(OC2CCOC2)c1. The third kappa shape index (κ3) is 3.52. The Morgan fingerprint density at radius 1 is 1.38 bits per heavy atom. The van der Waals surface area contributed by atoms with Crippen LogP contribution in [0.5, 0.6) is 5.88 Å². The van der Waals surface area contributed by atoms with Crippen LogP contribution in [0.1, 0.15) is 22.6 Å². The van der Waals surface area contributed by atoms with Crippen LogP contribution >= 0.6 is 0 Å². The number of nitrogens with zero attached hydrogens (tertiary/aromatic N) is 3. The van der Waals surface area contributed by atoms with Crippen molar-refractivity contribution in [3.63, 3.8) is 0 Å². The normalized spacial score (nSPS) is 16.7. The maximum absolute atomic E-state index is 12.7. The number of pyridine rings is 1. The first-order valence-corrected chi connectivity index (χ1v) is 8.58. The van der Waals surface area contributed by atoms with E-state index >= 15 is 0 Å². The summed E-state index contributed by atoms with van der Waals surface area (Å²) in [6.45, 7) is 1.65. The van der Waals surface area contributed by atoms with E-state index in [1.165, 1.54) is 0 Å². The number of rotatable bonds is 5. The highest BCUT2D eigenvalue weighted by Crippen LogP contribution is 2.17. The third-order valence-electron chi connectivity index (χ3n) is 4.33. The number of aromatic nitrogens is 3. The van der Waals surface area contributed by atoms with Crippen molar-refractivity contribution in [3.8, 4) is 5.88 Å². The summed E-state index contributed by atoms with van der Waals surface area (Å²) in [5.74, 6) is 1.08. The molecule has 3 heterocycles. The van der Waals surface area contributed by atoms with Crippen LogP contribution < -0.4 is 4.74 Å². The van der Waals surface area contributed by atoms with Gasteiger partial charge in [0, 0.05) is 31.3 Å². The zero-order valence-electron chi connectivity index (χ0n) is 14.5. The standard InChI is InChI=1S/C19H20N4O3/c1-23(11-17-21-15-4-2-3-5-16(15)22-17)19(24)13-6-8-20-18(10-13)26-14-7-9-25-12-14/h2-6,8,10,14H,7,9,11-12H2,1H3,(H,21,22). The third-order valence-corrected chi connectivity index (χ3v) is 4.33. The predicted molar refractivity (Wildman–Crippen MR) is 96.0 cm³/mol. The topological polar surface area (TPSA) is 80.3 Å². The van der Waals surface area contributed by atoms with E-state index in [0.29, 0.717) is 31.2 Å². The summed E-state index contributed by atoms with van der Waals surface area (Å²) < 4.78 is 11.1. The first-order chi connectivity index (χ1) is 12.7. The molecule has 3 aromatic rings. The Bertz CT molecular complexity index is 885. The van der Waals surface area contributed by atoms with E-state index in [9.17, 15) is 4.79 Å². The molecule has 0 saturated carbocycles. The number of imidazole rings is 1.